The number of carboxylic acid groups (broad SMARTS) is 1. The van der Waals surface area contributed by atoms with Gasteiger partial charge in [0.25, 0.3) is 0 Å². The number of aromatic nitrogens is 1. The maximum absolute atomic E-state index is 14.3. The molecule has 3 rings (SSSR count). The van der Waals surface area contributed by atoms with Crippen LogP contribution in [0, 0.1) is 5.82 Å². The van der Waals surface area contributed by atoms with Crippen molar-refractivity contribution in [3.8, 4) is 11.1 Å². The van der Waals surface area contributed by atoms with Gasteiger partial charge < -0.3 is 5.11 Å². The van der Waals surface area contributed by atoms with E-state index >= 15 is 0 Å². The van der Waals surface area contributed by atoms with Crippen molar-refractivity contribution in [2.24, 2.45) is 0 Å². The Labute approximate surface area is 128 Å². The van der Waals surface area contributed by atoms with Crippen LogP contribution >= 0.6 is 0 Å². The molecule has 1 saturated heterocycles. The number of carbonyl (C=O) groups is 1. The number of hydrogen-bond donors (Lipinski definition) is 1. The van der Waals surface area contributed by atoms with Gasteiger partial charge >= 0.3 is 5.97 Å². The van der Waals surface area contributed by atoms with E-state index in [4.69, 9.17) is 0 Å². The molecule has 5 heteroatoms. The highest BCUT2D eigenvalue weighted by molar-refractivity contribution is 5.73. The van der Waals surface area contributed by atoms with Crippen LogP contribution in [0.2, 0.25) is 0 Å². The second-order valence-corrected chi connectivity index (χ2v) is 5.51. The van der Waals surface area contributed by atoms with Crippen molar-refractivity contribution in [1.82, 2.24) is 9.88 Å². The fourth-order valence-electron chi connectivity index (χ4n) is 2.91. The molecule has 2 heterocycles. The van der Waals surface area contributed by atoms with Crippen LogP contribution < -0.4 is 0 Å². The molecule has 0 amide bonds. The second kappa shape index (κ2) is 6.23. The van der Waals surface area contributed by atoms with E-state index in [1.807, 2.05) is 23.1 Å². The molecule has 114 valence electrons. The topological polar surface area (TPSA) is 53.4 Å². The van der Waals surface area contributed by atoms with Gasteiger partial charge in [-0.2, -0.15) is 0 Å². The van der Waals surface area contributed by atoms with Crippen LogP contribution in [0.5, 0.6) is 0 Å². The third-order valence-electron chi connectivity index (χ3n) is 4.09. The Balaban J connectivity index is 1.80. The summed E-state index contributed by atoms with van der Waals surface area (Å²) in [6.07, 6.45) is 4.81. The van der Waals surface area contributed by atoms with E-state index in [2.05, 4.69) is 4.98 Å². The van der Waals surface area contributed by atoms with Crippen LogP contribution in [-0.2, 0) is 11.3 Å². The van der Waals surface area contributed by atoms with E-state index < -0.39 is 12.0 Å². The third kappa shape index (κ3) is 2.99. The molecule has 0 aliphatic carbocycles. The van der Waals surface area contributed by atoms with Crippen LogP contribution in [-0.4, -0.2) is 33.5 Å². The maximum Gasteiger partial charge on any atom is 0.320 e. The Morgan fingerprint density at radius 3 is 2.73 bits per heavy atom. The van der Waals surface area contributed by atoms with Gasteiger partial charge in [0.05, 0.1) is 0 Å². The molecule has 0 bridgehead atoms. The number of nitrogens with zero attached hydrogens (tertiary/aromatic N) is 2. The van der Waals surface area contributed by atoms with Gasteiger partial charge in [-0.05, 0) is 48.7 Å². The number of aliphatic carboxylic acids is 1. The first kappa shape index (κ1) is 14.7. The minimum absolute atomic E-state index is 0.301. The van der Waals surface area contributed by atoms with Crippen molar-refractivity contribution in [3.63, 3.8) is 0 Å². The van der Waals surface area contributed by atoms with Crippen molar-refractivity contribution in [3.05, 3.63) is 54.1 Å². The summed E-state index contributed by atoms with van der Waals surface area (Å²) in [6.45, 7) is 1.03. The molecule has 0 radical (unpaired) electrons. The van der Waals surface area contributed by atoms with Crippen LogP contribution in [0.15, 0.2) is 42.7 Å². The smallest absolute Gasteiger partial charge is 0.320 e. The van der Waals surface area contributed by atoms with E-state index in [1.165, 1.54) is 6.07 Å². The maximum atomic E-state index is 14.3. The number of hydrogen-bond acceptors (Lipinski definition) is 3. The molecule has 0 saturated carbocycles. The number of carboxylic acids is 1. The first-order valence-corrected chi connectivity index (χ1v) is 7.31. The zero-order valence-electron chi connectivity index (χ0n) is 12.1. The van der Waals surface area contributed by atoms with Crippen LogP contribution in [0.1, 0.15) is 18.4 Å². The van der Waals surface area contributed by atoms with E-state index in [-0.39, 0.29) is 5.82 Å². The summed E-state index contributed by atoms with van der Waals surface area (Å²) in [7, 11) is 0. The van der Waals surface area contributed by atoms with E-state index in [0.29, 0.717) is 25.1 Å². The number of halogens is 1. The van der Waals surface area contributed by atoms with Gasteiger partial charge in [0.1, 0.15) is 11.9 Å². The largest absolute Gasteiger partial charge is 0.480 e. The molecule has 1 fully saturated rings. The molecule has 1 aliphatic heterocycles. The van der Waals surface area contributed by atoms with Crippen molar-refractivity contribution in [1.29, 1.82) is 0 Å². The molecular formula is C17H17FN2O2. The van der Waals surface area contributed by atoms with Gasteiger partial charge in [-0.15, -0.1) is 0 Å². The van der Waals surface area contributed by atoms with Gasteiger partial charge in [-0.25, -0.2) is 4.39 Å². The molecule has 1 aromatic heterocycles. The van der Waals surface area contributed by atoms with Gasteiger partial charge in [-0.1, -0.05) is 12.1 Å². The molecule has 22 heavy (non-hydrogen) atoms. The molecule has 0 spiro atoms. The molecule has 1 atom stereocenters. The highest BCUT2D eigenvalue weighted by Gasteiger charge is 2.30. The summed E-state index contributed by atoms with van der Waals surface area (Å²) in [4.78, 5) is 17.0. The van der Waals surface area contributed by atoms with Gasteiger partial charge in [0.15, 0.2) is 0 Å². The fourth-order valence-corrected chi connectivity index (χ4v) is 2.91. The summed E-state index contributed by atoms with van der Waals surface area (Å²) in [5.41, 5.74) is 2.23. The van der Waals surface area contributed by atoms with E-state index in [9.17, 15) is 14.3 Å². The summed E-state index contributed by atoms with van der Waals surface area (Å²) in [6, 6.07) is 8.25. The molecule has 1 aromatic carbocycles. The summed E-state index contributed by atoms with van der Waals surface area (Å²) >= 11 is 0. The Hall–Kier alpha value is -2.27. The minimum Gasteiger partial charge on any atom is -0.480 e. The monoisotopic (exact) mass is 300 g/mol. The summed E-state index contributed by atoms with van der Waals surface area (Å²) in [5, 5.41) is 9.18. The Bertz CT molecular complexity index is 676. The van der Waals surface area contributed by atoms with E-state index in [0.717, 1.165) is 17.5 Å². The fraction of sp³-hybridized carbons (Fsp3) is 0.294. The molecule has 0 unspecified atom stereocenters. The van der Waals surface area contributed by atoms with Crippen molar-refractivity contribution in [2.75, 3.05) is 6.54 Å². The van der Waals surface area contributed by atoms with Gasteiger partial charge in [-0.3, -0.25) is 14.7 Å². The lowest BCUT2D eigenvalue weighted by molar-refractivity contribution is -0.142. The Morgan fingerprint density at radius 1 is 1.27 bits per heavy atom. The average Bonchev–Trinajstić information content (AvgIpc) is 2.98. The Kier molecular flexibility index (Phi) is 4.15. The van der Waals surface area contributed by atoms with E-state index in [1.54, 1.807) is 18.5 Å². The van der Waals surface area contributed by atoms with Crippen LogP contribution in [0.4, 0.5) is 4.39 Å². The normalized spacial score (nSPS) is 18.5. The number of likely N-dealkylation sites (tertiary alicyclic amines) is 1. The number of benzene rings is 1. The Morgan fingerprint density at radius 2 is 2.05 bits per heavy atom. The zero-order valence-corrected chi connectivity index (χ0v) is 12.1. The molecular weight excluding hydrogens is 283 g/mol. The molecule has 4 nitrogen and oxygen atoms in total. The van der Waals surface area contributed by atoms with Crippen LogP contribution in [0.3, 0.4) is 0 Å². The quantitative estimate of drug-likeness (QED) is 0.943. The average molecular weight is 300 g/mol. The predicted molar refractivity (Wildman–Crippen MR) is 80.7 cm³/mol. The molecule has 1 N–H and O–H groups in total. The van der Waals surface area contributed by atoms with Crippen molar-refractivity contribution >= 4 is 5.97 Å². The number of pyridine rings is 1. The first-order valence-electron chi connectivity index (χ1n) is 7.31. The second-order valence-electron chi connectivity index (χ2n) is 5.51. The standard InChI is InChI=1S/C17H17FN2O2/c18-15-10-13(12-5-7-19-8-6-12)3-4-14(15)11-20-9-1-2-16(20)17(21)22/h3-8,10,16H,1-2,9,11H2,(H,21,22)/t16-/m0/s1. The third-order valence-corrected chi connectivity index (χ3v) is 4.09. The van der Waals surface area contributed by atoms with Crippen molar-refractivity contribution in [2.45, 2.75) is 25.4 Å². The summed E-state index contributed by atoms with van der Waals surface area (Å²) < 4.78 is 14.3. The zero-order chi connectivity index (χ0) is 15.5. The molecule has 1 aliphatic rings. The minimum atomic E-state index is -0.827. The highest BCUT2D eigenvalue weighted by atomic mass is 19.1. The molecule has 2 aromatic rings. The lowest BCUT2D eigenvalue weighted by atomic mass is 10.0. The first-order chi connectivity index (χ1) is 10.6. The SMILES string of the molecule is O=C(O)[C@@H]1CCCN1Cc1ccc(-c2ccncc2)cc1F. The lowest BCUT2D eigenvalue weighted by Gasteiger charge is -2.21. The van der Waals surface area contributed by atoms with Gasteiger partial charge in [0, 0.05) is 24.5 Å². The van der Waals surface area contributed by atoms with Crippen molar-refractivity contribution < 1.29 is 14.3 Å². The predicted octanol–water partition coefficient (Wildman–Crippen LogP) is 2.94. The van der Waals surface area contributed by atoms with Crippen LogP contribution in [0.25, 0.3) is 11.1 Å². The summed E-state index contributed by atoms with van der Waals surface area (Å²) in [5.74, 6) is -1.13. The number of rotatable bonds is 4. The highest BCUT2D eigenvalue weighted by Crippen LogP contribution is 2.25. The lowest BCUT2D eigenvalue weighted by Crippen LogP contribution is -2.35. The van der Waals surface area contributed by atoms with Gasteiger partial charge in [0.2, 0.25) is 0 Å².